The molecule has 0 saturated carbocycles. The van der Waals surface area contributed by atoms with Gasteiger partial charge in [-0.1, -0.05) is 12.1 Å². The van der Waals surface area contributed by atoms with Gasteiger partial charge in [0.15, 0.2) is 5.13 Å². The third-order valence-electron chi connectivity index (χ3n) is 2.80. The number of ether oxygens (including phenoxy) is 1. The number of hydrogen-bond donors (Lipinski definition) is 1. The molecule has 0 aliphatic carbocycles. The molecule has 0 saturated heterocycles. The van der Waals surface area contributed by atoms with Crippen LogP contribution in [0.5, 0.6) is 5.75 Å². The van der Waals surface area contributed by atoms with Crippen molar-refractivity contribution in [3.05, 3.63) is 40.9 Å². The molecule has 4 nitrogen and oxygen atoms in total. The topological polar surface area (TPSA) is 37.4 Å². The molecule has 0 unspecified atom stereocenters. The lowest BCUT2D eigenvalue weighted by atomic mass is 10.2. The second-order valence-corrected chi connectivity index (χ2v) is 5.44. The minimum Gasteiger partial charge on any atom is -0.497 e. The van der Waals surface area contributed by atoms with Crippen LogP contribution in [-0.2, 0) is 13.1 Å². The SMILES string of the molecule is CNCc1cnc(N(C)Cc2ccc(OC)cc2)s1. The van der Waals surface area contributed by atoms with Crippen LogP contribution in [0.15, 0.2) is 30.5 Å². The molecule has 2 aromatic rings. The molecule has 1 aromatic heterocycles. The van der Waals surface area contributed by atoms with E-state index in [1.165, 1.54) is 10.4 Å². The Hall–Kier alpha value is -1.59. The highest BCUT2D eigenvalue weighted by Gasteiger charge is 2.07. The quantitative estimate of drug-likeness (QED) is 0.880. The van der Waals surface area contributed by atoms with E-state index in [1.54, 1.807) is 18.4 Å². The lowest BCUT2D eigenvalue weighted by Crippen LogP contribution is -2.15. The minimum absolute atomic E-state index is 0.844. The van der Waals surface area contributed by atoms with Crippen LogP contribution in [0.25, 0.3) is 0 Å². The van der Waals surface area contributed by atoms with Gasteiger partial charge in [-0.3, -0.25) is 0 Å². The van der Waals surface area contributed by atoms with E-state index in [0.717, 1.165) is 24.0 Å². The first-order chi connectivity index (χ1) is 9.22. The van der Waals surface area contributed by atoms with Crippen LogP contribution in [0, 0.1) is 0 Å². The number of methoxy groups -OCH3 is 1. The molecule has 1 N–H and O–H groups in total. The van der Waals surface area contributed by atoms with Crippen LogP contribution in [-0.4, -0.2) is 26.2 Å². The average Bonchev–Trinajstić information content (AvgIpc) is 2.89. The lowest BCUT2D eigenvalue weighted by molar-refractivity contribution is 0.414. The standard InChI is InChI=1S/C14H19N3OS/c1-15-8-13-9-16-14(19-13)17(2)10-11-4-6-12(18-3)7-5-11/h4-7,9,15H,8,10H2,1-3H3. The van der Waals surface area contributed by atoms with Crippen LogP contribution in [0.3, 0.4) is 0 Å². The van der Waals surface area contributed by atoms with Crippen molar-refractivity contribution in [3.63, 3.8) is 0 Å². The summed E-state index contributed by atoms with van der Waals surface area (Å²) in [7, 11) is 5.69. The molecule has 0 bridgehead atoms. The van der Waals surface area contributed by atoms with Gasteiger partial charge in [-0.2, -0.15) is 0 Å². The van der Waals surface area contributed by atoms with E-state index in [1.807, 2.05) is 25.4 Å². The molecule has 0 aliphatic rings. The zero-order valence-corrected chi connectivity index (χ0v) is 12.3. The van der Waals surface area contributed by atoms with Crippen LogP contribution >= 0.6 is 11.3 Å². The van der Waals surface area contributed by atoms with Crippen molar-refractivity contribution in [1.29, 1.82) is 0 Å². The Morgan fingerprint density at radius 2 is 2.05 bits per heavy atom. The van der Waals surface area contributed by atoms with Gasteiger partial charge >= 0.3 is 0 Å². The maximum atomic E-state index is 5.16. The summed E-state index contributed by atoms with van der Waals surface area (Å²) >= 11 is 1.72. The Kier molecular flexibility index (Phi) is 4.76. The maximum Gasteiger partial charge on any atom is 0.185 e. The van der Waals surface area contributed by atoms with Crippen LogP contribution in [0.1, 0.15) is 10.4 Å². The fourth-order valence-electron chi connectivity index (χ4n) is 1.80. The maximum absolute atomic E-state index is 5.16. The highest BCUT2D eigenvalue weighted by atomic mass is 32.1. The zero-order valence-electron chi connectivity index (χ0n) is 11.5. The van der Waals surface area contributed by atoms with E-state index in [9.17, 15) is 0 Å². The first-order valence-electron chi connectivity index (χ1n) is 6.16. The van der Waals surface area contributed by atoms with Gasteiger partial charge in [-0.15, -0.1) is 11.3 Å². The summed E-state index contributed by atoms with van der Waals surface area (Å²) < 4.78 is 5.16. The molecule has 0 spiro atoms. The summed E-state index contributed by atoms with van der Waals surface area (Å²) in [5.41, 5.74) is 1.24. The van der Waals surface area contributed by atoms with E-state index in [0.29, 0.717) is 0 Å². The van der Waals surface area contributed by atoms with Crippen molar-refractivity contribution in [1.82, 2.24) is 10.3 Å². The molecule has 0 radical (unpaired) electrons. The van der Waals surface area contributed by atoms with Gasteiger partial charge in [-0.25, -0.2) is 4.98 Å². The molecule has 0 aliphatic heterocycles. The first kappa shape index (κ1) is 13.8. The molecule has 2 rings (SSSR count). The largest absolute Gasteiger partial charge is 0.497 e. The summed E-state index contributed by atoms with van der Waals surface area (Å²) in [6.45, 7) is 1.71. The Morgan fingerprint density at radius 1 is 1.32 bits per heavy atom. The zero-order chi connectivity index (χ0) is 13.7. The van der Waals surface area contributed by atoms with Crippen molar-refractivity contribution in [3.8, 4) is 5.75 Å². The van der Waals surface area contributed by atoms with Gasteiger partial charge in [-0.05, 0) is 24.7 Å². The average molecular weight is 277 g/mol. The van der Waals surface area contributed by atoms with Crippen molar-refractivity contribution < 1.29 is 4.74 Å². The molecular formula is C14H19N3OS. The molecule has 0 atom stereocenters. The number of hydrogen-bond acceptors (Lipinski definition) is 5. The first-order valence-corrected chi connectivity index (χ1v) is 6.98. The predicted octanol–water partition coefficient (Wildman–Crippen LogP) is 2.51. The van der Waals surface area contributed by atoms with Gasteiger partial charge in [0, 0.05) is 31.2 Å². The second-order valence-electron chi connectivity index (χ2n) is 4.34. The number of nitrogens with one attached hydrogen (secondary N) is 1. The van der Waals surface area contributed by atoms with E-state index >= 15 is 0 Å². The van der Waals surface area contributed by atoms with Gasteiger partial charge in [0.05, 0.1) is 7.11 Å². The molecule has 102 valence electrons. The fourth-order valence-corrected chi connectivity index (χ4v) is 2.68. The molecule has 5 heteroatoms. The van der Waals surface area contributed by atoms with Crippen molar-refractivity contribution >= 4 is 16.5 Å². The van der Waals surface area contributed by atoms with Gasteiger partial charge in [0.1, 0.15) is 5.75 Å². The smallest absolute Gasteiger partial charge is 0.185 e. The van der Waals surface area contributed by atoms with Gasteiger partial charge in [0.2, 0.25) is 0 Å². The van der Waals surface area contributed by atoms with E-state index in [-0.39, 0.29) is 0 Å². The number of thiazole rings is 1. The Bertz CT molecular complexity index is 510. The van der Waals surface area contributed by atoms with Gasteiger partial charge < -0.3 is 15.0 Å². The summed E-state index contributed by atoms with van der Waals surface area (Å²) in [6.07, 6.45) is 1.93. The van der Waals surface area contributed by atoms with Crippen LogP contribution in [0.4, 0.5) is 5.13 Å². The molecule has 1 heterocycles. The summed E-state index contributed by atoms with van der Waals surface area (Å²) in [6, 6.07) is 8.13. The van der Waals surface area contributed by atoms with Crippen LogP contribution in [0.2, 0.25) is 0 Å². The van der Waals surface area contributed by atoms with E-state index < -0.39 is 0 Å². The Morgan fingerprint density at radius 3 is 2.68 bits per heavy atom. The third-order valence-corrected chi connectivity index (χ3v) is 3.91. The van der Waals surface area contributed by atoms with Crippen molar-refractivity contribution in [2.75, 3.05) is 26.1 Å². The number of nitrogens with zero attached hydrogens (tertiary/aromatic N) is 2. The Balaban J connectivity index is 2.00. The van der Waals surface area contributed by atoms with Crippen molar-refractivity contribution in [2.45, 2.75) is 13.1 Å². The normalized spacial score (nSPS) is 10.5. The highest BCUT2D eigenvalue weighted by Crippen LogP contribution is 2.23. The summed E-state index contributed by atoms with van der Waals surface area (Å²) in [4.78, 5) is 7.85. The molecule has 0 amide bonds. The fraction of sp³-hybridized carbons (Fsp3) is 0.357. The lowest BCUT2D eigenvalue weighted by Gasteiger charge is -2.15. The minimum atomic E-state index is 0.844. The van der Waals surface area contributed by atoms with Crippen LogP contribution < -0.4 is 15.0 Å². The number of anilines is 1. The molecular weight excluding hydrogens is 258 g/mol. The van der Waals surface area contributed by atoms with E-state index in [2.05, 4.69) is 34.4 Å². The predicted molar refractivity (Wildman–Crippen MR) is 80.0 cm³/mol. The number of rotatable bonds is 6. The summed E-state index contributed by atoms with van der Waals surface area (Å²) in [5, 5.41) is 4.18. The van der Waals surface area contributed by atoms with Crippen molar-refractivity contribution in [2.24, 2.45) is 0 Å². The molecule has 19 heavy (non-hydrogen) atoms. The van der Waals surface area contributed by atoms with E-state index in [4.69, 9.17) is 4.74 Å². The summed E-state index contributed by atoms with van der Waals surface area (Å²) in [5.74, 6) is 0.886. The third kappa shape index (κ3) is 3.68. The molecule has 1 aromatic carbocycles. The second kappa shape index (κ2) is 6.54. The number of benzene rings is 1. The molecule has 0 fully saturated rings. The monoisotopic (exact) mass is 277 g/mol. The number of aromatic nitrogens is 1. The highest BCUT2D eigenvalue weighted by molar-refractivity contribution is 7.15. The Labute approximate surface area is 118 Å². The van der Waals surface area contributed by atoms with Gasteiger partial charge in [0.25, 0.3) is 0 Å².